The van der Waals surface area contributed by atoms with Gasteiger partial charge in [0, 0.05) is 30.1 Å². The van der Waals surface area contributed by atoms with Crippen molar-refractivity contribution in [2.75, 3.05) is 12.0 Å². The molecule has 1 aliphatic heterocycles. The van der Waals surface area contributed by atoms with E-state index in [-0.39, 0.29) is 30.2 Å². The topological polar surface area (TPSA) is 107 Å². The second kappa shape index (κ2) is 10.6. The molecule has 202 valence electrons. The van der Waals surface area contributed by atoms with Crippen LogP contribution < -0.4 is 9.64 Å². The number of aliphatic carboxylic acids is 1. The van der Waals surface area contributed by atoms with Gasteiger partial charge in [-0.2, -0.15) is 0 Å². The van der Waals surface area contributed by atoms with Crippen LogP contribution in [0.3, 0.4) is 0 Å². The number of carbonyl (C=O) groups excluding carboxylic acids is 1. The zero-order chi connectivity index (χ0) is 27.0. The fourth-order valence-electron chi connectivity index (χ4n) is 6.00. The van der Waals surface area contributed by atoms with Gasteiger partial charge in [0.05, 0.1) is 41.5 Å². The second-order valence-electron chi connectivity index (χ2n) is 10.7. The molecule has 5 rings (SSSR count). The Labute approximate surface area is 222 Å². The van der Waals surface area contributed by atoms with Crippen molar-refractivity contribution in [2.45, 2.75) is 83.9 Å². The number of methoxy groups -OCH3 is 1. The van der Waals surface area contributed by atoms with E-state index in [2.05, 4.69) is 4.57 Å². The van der Waals surface area contributed by atoms with Crippen LogP contribution in [0, 0.1) is 5.92 Å². The summed E-state index contributed by atoms with van der Waals surface area (Å²) in [6, 6.07) is 9.81. The number of nitrogens with zero attached hydrogens (tertiary/aromatic N) is 4. The molecule has 9 nitrogen and oxygen atoms in total. The highest BCUT2D eigenvalue weighted by Gasteiger charge is 2.34. The summed E-state index contributed by atoms with van der Waals surface area (Å²) in [4.78, 5) is 36.1. The number of ether oxygens (including phenoxy) is 2. The minimum Gasteiger partial charge on any atom is -0.481 e. The van der Waals surface area contributed by atoms with Gasteiger partial charge in [0.2, 0.25) is 5.88 Å². The summed E-state index contributed by atoms with van der Waals surface area (Å²) in [6.07, 6.45) is 4.77. The van der Waals surface area contributed by atoms with Crippen LogP contribution in [0.2, 0.25) is 0 Å². The Bertz CT molecular complexity index is 1350. The van der Waals surface area contributed by atoms with Crippen molar-refractivity contribution in [1.82, 2.24) is 14.5 Å². The van der Waals surface area contributed by atoms with E-state index in [0.717, 1.165) is 59.5 Å². The Hall–Kier alpha value is -3.62. The van der Waals surface area contributed by atoms with Gasteiger partial charge in [-0.05, 0) is 71.1 Å². The molecule has 0 spiro atoms. The minimum atomic E-state index is -0.735. The number of rotatable bonds is 6. The third-order valence-corrected chi connectivity index (χ3v) is 7.74. The zero-order valence-corrected chi connectivity index (χ0v) is 22.5. The van der Waals surface area contributed by atoms with Crippen LogP contribution in [0.25, 0.3) is 11.0 Å². The van der Waals surface area contributed by atoms with Gasteiger partial charge in [-0.3, -0.25) is 9.69 Å². The molecule has 9 heteroatoms. The summed E-state index contributed by atoms with van der Waals surface area (Å²) < 4.78 is 13.1. The lowest BCUT2D eigenvalue weighted by atomic mass is 9.85. The molecular formula is C29H36N4O5. The Kier molecular flexibility index (Phi) is 7.27. The highest BCUT2D eigenvalue weighted by atomic mass is 16.5. The molecule has 38 heavy (non-hydrogen) atoms. The summed E-state index contributed by atoms with van der Waals surface area (Å²) in [5.74, 6) is 0.319. The van der Waals surface area contributed by atoms with Crippen molar-refractivity contribution in [3.05, 3.63) is 47.4 Å². The number of anilines is 1. The Morgan fingerprint density at radius 2 is 1.95 bits per heavy atom. The number of amides is 1. The van der Waals surface area contributed by atoms with Crippen LogP contribution in [0.1, 0.15) is 76.0 Å². The molecule has 1 fully saturated rings. The summed E-state index contributed by atoms with van der Waals surface area (Å²) in [6.45, 7) is 5.97. The van der Waals surface area contributed by atoms with Crippen LogP contribution >= 0.6 is 0 Å². The largest absolute Gasteiger partial charge is 0.481 e. The lowest BCUT2D eigenvalue weighted by molar-refractivity contribution is -0.143. The molecule has 0 bridgehead atoms. The second-order valence-corrected chi connectivity index (χ2v) is 10.7. The van der Waals surface area contributed by atoms with Crippen LogP contribution in [0.5, 0.6) is 5.88 Å². The maximum Gasteiger partial charge on any atom is 0.414 e. The number of hydrogen-bond acceptors (Lipinski definition) is 6. The number of imidazole rings is 1. The normalized spacial score (nSPS) is 21.4. The Morgan fingerprint density at radius 1 is 1.13 bits per heavy atom. The SMILES string of the molecule is COC(=O)N1c2ccc3c(nc(Cc4cccc(OC(C)C)n4)n3[C@@H]3CCC[C@@H](C(=O)O)C3)c2CCC1C. The first-order valence-corrected chi connectivity index (χ1v) is 13.5. The van der Waals surface area contributed by atoms with Gasteiger partial charge in [0.1, 0.15) is 5.82 Å². The van der Waals surface area contributed by atoms with E-state index >= 15 is 0 Å². The van der Waals surface area contributed by atoms with E-state index in [0.29, 0.717) is 25.1 Å². The lowest BCUT2D eigenvalue weighted by Crippen LogP contribution is -2.42. The molecule has 2 aromatic heterocycles. The number of carbonyl (C=O) groups is 2. The van der Waals surface area contributed by atoms with Crippen LogP contribution in [-0.2, 0) is 22.4 Å². The van der Waals surface area contributed by atoms with Crippen LogP contribution in [0.15, 0.2) is 30.3 Å². The monoisotopic (exact) mass is 520 g/mol. The molecule has 1 N–H and O–H groups in total. The third-order valence-electron chi connectivity index (χ3n) is 7.74. The van der Waals surface area contributed by atoms with Crippen molar-refractivity contribution < 1.29 is 24.2 Å². The number of fused-ring (bicyclic) bond motifs is 3. The molecule has 1 unspecified atom stereocenters. The van der Waals surface area contributed by atoms with E-state index in [9.17, 15) is 14.7 Å². The van der Waals surface area contributed by atoms with E-state index in [4.69, 9.17) is 19.4 Å². The van der Waals surface area contributed by atoms with Crippen molar-refractivity contribution >= 4 is 28.8 Å². The molecule has 1 aliphatic carbocycles. The summed E-state index contributed by atoms with van der Waals surface area (Å²) >= 11 is 0. The number of benzene rings is 1. The molecule has 2 aliphatic rings. The highest BCUT2D eigenvalue weighted by Crippen LogP contribution is 2.41. The first-order chi connectivity index (χ1) is 18.3. The van der Waals surface area contributed by atoms with Gasteiger partial charge in [-0.15, -0.1) is 0 Å². The number of hydrogen-bond donors (Lipinski definition) is 1. The van der Waals surface area contributed by atoms with Crippen molar-refractivity contribution in [3.63, 3.8) is 0 Å². The number of carboxylic acid groups (broad SMARTS) is 1. The molecule has 1 aromatic carbocycles. The predicted molar refractivity (Wildman–Crippen MR) is 144 cm³/mol. The molecule has 0 radical (unpaired) electrons. The fraction of sp³-hybridized carbons (Fsp3) is 0.517. The van der Waals surface area contributed by atoms with Gasteiger partial charge in [-0.1, -0.05) is 12.5 Å². The minimum absolute atomic E-state index is 0.0178. The van der Waals surface area contributed by atoms with Crippen LogP contribution in [-0.4, -0.2) is 51.0 Å². The van der Waals surface area contributed by atoms with Crippen molar-refractivity contribution in [1.29, 1.82) is 0 Å². The highest BCUT2D eigenvalue weighted by molar-refractivity contribution is 5.95. The van der Waals surface area contributed by atoms with Gasteiger partial charge in [0.25, 0.3) is 0 Å². The molecule has 3 atom stereocenters. The smallest absolute Gasteiger partial charge is 0.414 e. The first kappa shape index (κ1) is 26.0. The quantitative estimate of drug-likeness (QED) is 0.455. The van der Waals surface area contributed by atoms with Gasteiger partial charge >= 0.3 is 12.1 Å². The first-order valence-electron chi connectivity index (χ1n) is 13.5. The van der Waals surface area contributed by atoms with Crippen LogP contribution in [0.4, 0.5) is 10.5 Å². The van der Waals surface area contributed by atoms with E-state index < -0.39 is 5.97 Å². The fourth-order valence-corrected chi connectivity index (χ4v) is 6.00. The number of aryl methyl sites for hydroxylation is 1. The van der Waals surface area contributed by atoms with E-state index in [1.165, 1.54) is 7.11 Å². The third kappa shape index (κ3) is 4.93. The van der Waals surface area contributed by atoms with Crippen molar-refractivity contribution in [2.24, 2.45) is 5.92 Å². The number of carboxylic acids is 1. The maximum atomic E-state index is 12.6. The average Bonchev–Trinajstić information content (AvgIpc) is 3.26. The van der Waals surface area contributed by atoms with Gasteiger partial charge in [-0.25, -0.2) is 14.8 Å². The number of pyridine rings is 1. The summed E-state index contributed by atoms with van der Waals surface area (Å²) in [5.41, 5.74) is 4.54. The molecule has 3 aromatic rings. The summed E-state index contributed by atoms with van der Waals surface area (Å²) in [5, 5.41) is 9.76. The zero-order valence-electron chi connectivity index (χ0n) is 22.5. The number of aromatic nitrogens is 3. The molecule has 1 amide bonds. The predicted octanol–water partition coefficient (Wildman–Crippen LogP) is 5.53. The maximum absolute atomic E-state index is 12.6. The average molecular weight is 521 g/mol. The van der Waals surface area contributed by atoms with Crippen molar-refractivity contribution in [3.8, 4) is 5.88 Å². The van der Waals surface area contributed by atoms with Gasteiger partial charge in [0.15, 0.2) is 0 Å². The molecular weight excluding hydrogens is 484 g/mol. The molecule has 1 saturated carbocycles. The molecule has 3 heterocycles. The Morgan fingerprint density at radius 3 is 2.68 bits per heavy atom. The summed E-state index contributed by atoms with van der Waals surface area (Å²) in [7, 11) is 1.40. The molecule has 0 saturated heterocycles. The lowest BCUT2D eigenvalue weighted by Gasteiger charge is -2.34. The van der Waals surface area contributed by atoms with E-state index in [1.807, 2.05) is 51.1 Å². The van der Waals surface area contributed by atoms with Gasteiger partial charge < -0.3 is 19.1 Å². The van der Waals surface area contributed by atoms with E-state index in [1.54, 1.807) is 4.90 Å². The Balaban J connectivity index is 1.62. The standard InChI is InChI=1S/C29H36N4O5/c1-17(2)38-26-10-6-8-20(30-26)16-25-31-27-22-12-11-18(3)32(29(36)37-4)23(22)13-14-24(27)33(25)21-9-5-7-19(15-21)28(34)35/h6,8,10,13-14,17-19,21H,5,7,9,11-12,15-16H2,1-4H3,(H,34,35)/t18?,19-,21-/m1/s1.